The lowest BCUT2D eigenvalue weighted by Gasteiger charge is -2.40. The summed E-state index contributed by atoms with van der Waals surface area (Å²) in [7, 11) is 0. The molecule has 0 saturated carbocycles. The third-order valence-electron chi connectivity index (χ3n) is 12.4. The van der Waals surface area contributed by atoms with Crippen LogP contribution < -0.4 is 0 Å². The summed E-state index contributed by atoms with van der Waals surface area (Å²) in [5.74, 6) is -3.47. The number of allylic oxidation sites excluding steroid dienone is 34. The molecule has 6 atom stereocenters. The van der Waals surface area contributed by atoms with E-state index in [1.807, 2.05) is 42.5 Å². The van der Waals surface area contributed by atoms with Crippen LogP contribution in [0.5, 0.6) is 0 Å². The Morgan fingerprint density at radius 3 is 1.05 bits per heavy atom. The van der Waals surface area contributed by atoms with Gasteiger partial charge in [0.1, 0.15) is 18.8 Å². The Morgan fingerprint density at radius 1 is 0.388 bits per heavy atom. The topological polar surface area (TPSA) is 175 Å². The zero-order valence-electron chi connectivity index (χ0n) is 51.5. The second-order valence-corrected chi connectivity index (χ2v) is 19.8. The number of ether oxygens (including phenoxy) is 5. The number of hydrogen-bond acceptors (Lipinski definition) is 11. The van der Waals surface area contributed by atoms with Gasteiger partial charge in [0.05, 0.1) is 6.61 Å². The first-order chi connectivity index (χ1) is 41.6. The number of carboxylic acids is 1. The van der Waals surface area contributed by atoms with E-state index < -0.39 is 73.9 Å². The number of carbonyl (C=O) groups is 4. The van der Waals surface area contributed by atoms with Crippen LogP contribution in [0.25, 0.3) is 0 Å². The highest BCUT2D eigenvalue weighted by atomic mass is 16.7. The van der Waals surface area contributed by atoms with Gasteiger partial charge in [-0.25, -0.2) is 4.79 Å². The van der Waals surface area contributed by atoms with Crippen molar-refractivity contribution in [2.45, 2.75) is 212 Å². The second kappa shape index (κ2) is 57.7. The molecule has 0 aliphatic carbocycles. The zero-order chi connectivity index (χ0) is 61.7. The Balaban J connectivity index is 2.83. The first-order valence-corrected chi connectivity index (χ1v) is 31.1. The van der Waals surface area contributed by atoms with E-state index in [4.69, 9.17) is 23.7 Å². The molecule has 0 aromatic carbocycles. The molecule has 3 N–H and O–H groups in total. The van der Waals surface area contributed by atoms with Crippen LogP contribution in [0.4, 0.5) is 0 Å². The van der Waals surface area contributed by atoms with Crippen molar-refractivity contribution in [2.75, 3.05) is 13.2 Å². The number of hydrogen-bond donors (Lipinski definition) is 3. The Labute approximate surface area is 511 Å². The van der Waals surface area contributed by atoms with Crippen molar-refractivity contribution in [3.8, 4) is 0 Å². The lowest BCUT2D eigenvalue weighted by molar-refractivity contribution is -0.301. The minimum absolute atomic E-state index is 0.00107. The summed E-state index contributed by atoms with van der Waals surface area (Å²) in [6.07, 6.45) is 78.2. The molecule has 1 aliphatic rings. The van der Waals surface area contributed by atoms with E-state index in [0.717, 1.165) is 96.3 Å². The van der Waals surface area contributed by atoms with Crippen LogP contribution in [0.1, 0.15) is 175 Å². The van der Waals surface area contributed by atoms with Crippen molar-refractivity contribution < 1.29 is 58.2 Å². The molecule has 12 nitrogen and oxygen atoms in total. The summed E-state index contributed by atoms with van der Waals surface area (Å²) in [6.45, 7) is 5.47. The molecule has 85 heavy (non-hydrogen) atoms. The number of rotatable bonds is 49. The molecule has 12 heteroatoms. The largest absolute Gasteiger partial charge is 0.479 e. The van der Waals surface area contributed by atoms with Crippen molar-refractivity contribution >= 4 is 23.9 Å². The minimum Gasteiger partial charge on any atom is -0.479 e. The van der Waals surface area contributed by atoms with E-state index in [1.54, 1.807) is 0 Å². The first kappa shape index (κ1) is 76.3. The van der Waals surface area contributed by atoms with E-state index >= 15 is 0 Å². The van der Waals surface area contributed by atoms with Gasteiger partial charge in [0, 0.05) is 19.3 Å². The Bertz CT molecular complexity index is 2270. The average molecular weight is 1170 g/mol. The van der Waals surface area contributed by atoms with E-state index in [9.17, 15) is 34.5 Å². The van der Waals surface area contributed by atoms with Crippen LogP contribution in [-0.4, -0.2) is 89.2 Å². The lowest BCUT2D eigenvalue weighted by atomic mass is 9.98. The molecule has 1 aliphatic heterocycles. The predicted octanol–water partition coefficient (Wildman–Crippen LogP) is 16.8. The van der Waals surface area contributed by atoms with E-state index in [-0.39, 0.29) is 19.3 Å². The summed E-state index contributed by atoms with van der Waals surface area (Å²) in [6, 6.07) is 0. The fraction of sp³-hybridized carbons (Fsp3) is 0.479. The highest BCUT2D eigenvalue weighted by Crippen LogP contribution is 2.26. The second-order valence-electron chi connectivity index (χ2n) is 19.8. The van der Waals surface area contributed by atoms with Gasteiger partial charge >= 0.3 is 23.9 Å². The summed E-state index contributed by atoms with van der Waals surface area (Å²) in [5, 5.41) is 31.5. The van der Waals surface area contributed by atoms with E-state index in [0.29, 0.717) is 38.5 Å². The predicted molar refractivity (Wildman–Crippen MR) is 348 cm³/mol. The zero-order valence-corrected chi connectivity index (χ0v) is 51.5. The molecule has 1 fully saturated rings. The van der Waals surface area contributed by atoms with Gasteiger partial charge in [-0.3, -0.25) is 14.4 Å². The molecule has 1 saturated heterocycles. The monoisotopic (exact) mass is 1170 g/mol. The number of esters is 3. The van der Waals surface area contributed by atoms with Crippen LogP contribution in [0.15, 0.2) is 207 Å². The Kier molecular flexibility index (Phi) is 51.8. The van der Waals surface area contributed by atoms with Gasteiger partial charge in [0.15, 0.2) is 24.6 Å². The maximum absolute atomic E-state index is 13.2. The van der Waals surface area contributed by atoms with Crippen molar-refractivity contribution in [3.05, 3.63) is 207 Å². The van der Waals surface area contributed by atoms with Gasteiger partial charge < -0.3 is 39.0 Å². The van der Waals surface area contributed by atoms with Crippen molar-refractivity contribution in [1.82, 2.24) is 0 Å². The van der Waals surface area contributed by atoms with E-state index in [2.05, 4.69) is 185 Å². The number of aliphatic carboxylic acids is 1. The Hall–Kier alpha value is -6.70. The molecule has 0 spiro atoms. The first-order valence-electron chi connectivity index (χ1n) is 31.1. The molecular weight excluding hydrogens is 1070 g/mol. The fourth-order valence-corrected chi connectivity index (χ4v) is 7.75. The van der Waals surface area contributed by atoms with Crippen molar-refractivity contribution in [1.29, 1.82) is 0 Å². The number of unbranched alkanes of at least 4 members (excludes halogenated alkanes) is 1. The molecule has 0 bridgehead atoms. The van der Waals surface area contributed by atoms with Gasteiger partial charge in [0.2, 0.25) is 0 Å². The highest BCUT2D eigenvalue weighted by molar-refractivity contribution is 5.74. The fourth-order valence-electron chi connectivity index (χ4n) is 7.75. The maximum atomic E-state index is 13.2. The summed E-state index contributed by atoms with van der Waals surface area (Å²) in [4.78, 5) is 51.2. The quantitative estimate of drug-likeness (QED) is 0.0228. The number of aliphatic hydroxyl groups excluding tert-OH is 2. The smallest absolute Gasteiger partial charge is 0.335 e. The maximum Gasteiger partial charge on any atom is 0.335 e. The van der Waals surface area contributed by atoms with Crippen molar-refractivity contribution in [3.63, 3.8) is 0 Å². The number of carboxylic acid groups (broad SMARTS) is 1. The number of aliphatic hydroxyl groups is 2. The average Bonchev–Trinajstić information content (AvgIpc) is 3.46. The van der Waals surface area contributed by atoms with Crippen LogP contribution >= 0.6 is 0 Å². The van der Waals surface area contributed by atoms with Gasteiger partial charge in [-0.1, -0.05) is 227 Å². The summed E-state index contributed by atoms with van der Waals surface area (Å²) >= 11 is 0. The van der Waals surface area contributed by atoms with Crippen LogP contribution in [-0.2, 0) is 42.9 Å². The Morgan fingerprint density at radius 2 is 0.706 bits per heavy atom. The molecule has 1 heterocycles. The van der Waals surface area contributed by atoms with Gasteiger partial charge in [-0.2, -0.15) is 0 Å². The van der Waals surface area contributed by atoms with Gasteiger partial charge in [0.25, 0.3) is 0 Å². The normalized spacial score (nSPS) is 18.9. The van der Waals surface area contributed by atoms with E-state index in [1.165, 1.54) is 0 Å². The molecule has 468 valence electrons. The summed E-state index contributed by atoms with van der Waals surface area (Å²) < 4.78 is 28.2. The molecular formula is C73H104O12. The van der Waals surface area contributed by atoms with Crippen molar-refractivity contribution in [2.24, 2.45) is 0 Å². The third-order valence-corrected chi connectivity index (χ3v) is 12.4. The highest BCUT2D eigenvalue weighted by Gasteiger charge is 2.50. The minimum atomic E-state index is -1.96. The molecule has 1 rings (SSSR count). The van der Waals surface area contributed by atoms with Crippen LogP contribution in [0, 0.1) is 0 Å². The van der Waals surface area contributed by atoms with Gasteiger partial charge in [-0.15, -0.1) is 0 Å². The summed E-state index contributed by atoms with van der Waals surface area (Å²) in [5.41, 5.74) is 0. The molecule has 0 radical (unpaired) electrons. The SMILES string of the molecule is CC/C=C\C/C=C\C/C=C\C/C=C\C/C=C\C/C=C\CCC(=O)OCC(COC1OC(C(=O)O)C(O)C(O)C1OC(=O)CCC/C=C\C/C=C\C/C=C\C/C=C\C/C=C\CC)OC(=O)CC/C=C\C/C=C\C/C=C\C/C=C\C/C=C\C/C=C\CC. The lowest BCUT2D eigenvalue weighted by Crippen LogP contribution is -2.61. The molecule has 0 aromatic heterocycles. The molecule has 0 aromatic rings. The third kappa shape index (κ3) is 47.3. The molecule has 6 unspecified atom stereocenters. The van der Waals surface area contributed by atoms with Gasteiger partial charge in [-0.05, 0) is 135 Å². The van der Waals surface area contributed by atoms with Crippen LogP contribution in [0.2, 0.25) is 0 Å². The molecule has 0 amide bonds. The standard InChI is InChI=1S/C73H104O12/c1-4-7-10-13-16-19-22-25-28-31-33-36-38-41-44-47-50-53-56-59-65(74)81-62-64(83-66(75)60-57-54-51-48-45-42-40-37-34-32-29-26-23-20-17-14-11-8-5-2)63-82-73-71(69(78)68(77)70(85-73)72(79)80)84-67(76)61-58-55-52-49-46-43-39-35-30-27-24-21-18-15-12-9-6-3/h7-12,16-21,25-30,33-34,36-37,39,41-45,49-54,64,68-71,73,77-78H,4-6,13-15,22-24,31-32,35,38,40,46-48,55-63H2,1-3H3,(H,79,80)/b10-7-,11-8-,12-9-,19-16-,20-17-,21-18-,28-25-,29-26-,30-27-,36-33-,37-34-,43-39-,44-41-,45-42-,52-49-,53-50-,54-51-. The van der Waals surface area contributed by atoms with Crippen LogP contribution in [0.3, 0.4) is 0 Å². The number of carbonyl (C=O) groups excluding carboxylic acids is 3.